The number of hydrogen-bond acceptors (Lipinski definition) is 6. The Balaban J connectivity index is 1.69. The van der Waals surface area contributed by atoms with Crippen LogP contribution in [0.1, 0.15) is 19.3 Å². The lowest BCUT2D eigenvalue weighted by Gasteiger charge is -2.36. The minimum absolute atomic E-state index is 0.00689. The maximum atomic E-state index is 12.8. The van der Waals surface area contributed by atoms with Gasteiger partial charge in [0.05, 0.1) is 11.0 Å². The van der Waals surface area contributed by atoms with Crippen LogP contribution in [0.4, 0.5) is 5.69 Å². The Morgan fingerprint density at radius 3 is 2.46 bits per heavy atom. The second-order valence-corrected chi connectivity index (χ2v) is 8.36. The zero-order chi connectivity index (χ0) is 18.7. The molecule has 0 radical (unpaired) electrons. The molecule has 2 saturated heterocycles. The smallest absolute Gasteiger partial charge is 0.289 e. The number of para-hydroxylation sites is 1. The molecule has 0 bridgehead atoms. The Morgan fingerprint density at radius 2 is 1.85 bits per heavy atom. The average molecular weight is 382 g/mol. The molecule has 1 aromatic carbocycles. The molecule has 1 aromatic rings. The number of carbonyl (C=O) groups is 1. The Morgan fingerprint density at radius 1 is 1.15 bits per heavy atom. The van der Waals surface area contributed by atoms with Gasteiger partial charge in [-0.2, -0.15) is 4.31 Å². The second-order valence-electron chi connectivity index (χ2n) is 6.46. The predicted octanol–water partition coefficient (Wildman–Crippen LogP) is 0.570. The molecule has 2 aliphatic heterocycles. The molecule has 2 fully saturated rings. The molecule has 0 aromatic heterocycles. The third-order valence-electron chi connectivity index (χ3n) is 4.84. The Bertz CT molecular complexity index is 784. The number of carbonyl (C=O) groups excluding carboxylic acids is 1. The summed E-state index contributed by atoms with van der Waals surface area (Å²) in [6, 6.07) is 5.14. The molecule has 1 N–H and O–H groups in total. The van der Waals surface area contributed by atoms with Gasteiger partial charge < -0.3 is 10.2 Å². The fourth-order valence-corrected chi connectivity index (χ4v) is 4.98. The molecular weight excluding hydrogens is 360 g/mol. The van der Waals surface area contributed by atoms with E-state index in [0.717, 1.165) is 25.8 Å². The number of nitro benzene ring substituents is 1. The van der Waals surface area contributed by atoms with E-state index in [2.05, 4.69) is 5.32 Å². The van der Waals surface area contributed by atoms with Crippen molar-refractivity contribution < 1.29 is 18.1 Å². The average Bonchev–Trinajstić information content (AvgIpc) is 2.68. The number of piperazine rings is 1. The van der Waals surface area contributed by atoms with Crippen LogP contribution in [0.2, 0.25) is 0 Å². The summed E-state index contributed by atoms with van der Waals surface area (Å²) in [7, 11) is -3.97. The van der Waals surface area contributed by atoms with E-state index in [4.69, 9.17) is 0 Å². The number of hydrogen-bond donors (Lipinski definition) is 1. The van der Waals surface area contributed by atoms with E-state index in [0.29, 0.717) is 0 Å². The monoisotopic (exact) mass is 382 g/mol. The number of benzene rings is 1. The van der Waals surface area contributed by atoms with Crippen molar-refractivity contribution in [2.75, 3.05) is 32.7 Å². The van der Waals surface area contributed by atoms with Gasteiger partial charge in [-0.15, -0.1) is 0 Å². The summed E-state index contributed by atoms with van der Waals surface area (Å²) in [4.78, 5) is 24.3. The lowest BCUT2D eigenvalue weighted by molar-refractivity contribution is -0.387. The Labute approximate surface area is 152 Å². The third kappa shape index (κ3) is 3.71. The van der Waals surface area contributed by atoms with E-state index >= 15 is 0 Å². The molecule has 0 spiro atoms. The summed E-state index contributed by atoms with van der Waals surface area (Å²) in [6.07, 6.45) is 2.87. The quantitative estimate of drug-likeness (QED) is 0.602. The highest BCUT2D eigenvalue weighted by atomic mass is 32.2. The first-order valence-corrected chi connectivity index (χ1v) is 10.1. The van der Waals surface area contributed by atoms with Crippen LogP contribution in [-0.4, -0.2) is 67.2 Å². The SMILES string of the molecule is O=C(C1CCCCN1)N1CCN(S(=O)(=O)c2ccccc2[N+](=O)[O-])CC1. The first kappa shape index (κ1) is 18.7. The first-order valence-electron chi connectivity index (χ1n) is 8.67. The van der Waals surface area contributed by atoms with Crippen LogP contribution < -0.4 is 5.32 Å². The van der Waals surface area contributed by atoms with Crippen LogP contribution in [0.5, 0.6) is 0 Å². The third-order valence-corrected chi connectivity index (χ3v) is 6.78. The molecule has 0 aliphatic carbocycles. The van der Waals surface area contributed by atoms with Crippen molar-refractivity contribution in [3.63, 3.8) is 0 Å². The lowest BCUT2D eigenvalue weighted by Crippen LogP contribution is -2.55. The van der Waals surface area contributed by atoms with Gasteiger partial charge in [-0.3, -0.25) is 14.9 Å². The van der Waals surface area contributed by atoms with E-state index in [9.17, 15) is 23.3 Å². The Hall–Kier alpha value is -2.04. The number of nitrogens with one attached hydrogen (secondary N) is 1. The molecule has 9 nitrogen and oxygen atoms in total. The van der Waals surface area contributed by atoms with Gasteiger partial charge in [0.2, 0.25) is 15.9 Å². The number of rotatable bonds is 4. The van der Waals surface area contributed by atoms with Crippen molar-refractivity contribution in [1.82, 2.24) is 14.5 Å². The first-order chi connectivity index (χ1) is 12.4. The van der Waals surface area contributed by atoms with Gasteiger partial charge in [0, 0.05) is 32.2 Å². The number of nitro groups is 1. The molecule has 1 amide bonds. The molecule has 3 rings (SSSR count). The number of sulfonamides is 1. The number of amides is 1. The highest BCUT2D eigenvalue weighted by Gasteiger charge is 2.35. The summed E-state index contributed by atoms with van der Waals surface area (Å²) in [5, 5.41) is 14.3. The fraction of sp³-hybridized carbons (Fsp3) is 0.562. The van der Waals surface area contributed by atoms with Gasteiger partial charge in [0.1, 0.15) is 0 Å². The molecule has 2 aliphatic rings. The molecule has 10 heteroatoms. The minimum Gasteiger partial charge on any atom is -0.339 e. The van der Waals surface area contributed by atoms with Crippen LogP contribution >= 0.6 is 0 Å². The summed E-state index contributed by atoms with van der Waals surface area (Å²) in [5.74, 6) is 0.00689. The van der Waals surface area contributed by atoms with E-state index in [1.165, 1.54) is 28.6 Å². The number of nitrogens with zero attached hydrogens (tertiary/aromatic N) is 3. The maximum Gasteiger partial charge on any atom is 0.289 e. The standard InChI is InChI=1S/C16H22N4O5S/c21-16(13-5-3-4-8-17-13)18-9-11-19(12-10-18)26(24,25)15-7-2-1-6-14(15)20(22)23/h1-2,6-7,13,17H,3-5,8-12H2. The van der Waals surface area contributed by atoms with E-state index in [-0.39, 0.29) is 43.0 Å². The van der Waals surface area contributed by atoms with Gasteiger partial charge >= 0.3 is 0 Å². The van der Waals surface area contributed by atoms with Crippen LogP contribution in [0.3, 0.4) is 0 Å². The predicted molar refractivity (Wildman–Crippen MR) is 94.1 cm³/mol. The maximum absolute atomic E-state index is 12.8. The molecule has 2 heterocycles. The van der Waals surface area contributed by atoms with Crippen molar-refractivity contribution in [1.29, 1.82) is 0 Å². The van der Waals surface area contributed by atoms with Gasteiger partial charge in [0.15, 0.2) is 4.90 Å². The number of piperidine rings is 1. The van der Waals surface area contributed by atoms with E-state index in [1.807, 2.05) is 0 Å². The van der Waals surface area contributed by atoms with Crippen molar-refractivity contribution in [2.45, 2.75) is 30.2 Å². The van der Waals surface area contributed by atoms with Gasteiger partial charge in [-0.25, -0.2) is 8.42 Å². The van der Waals surface area contributed by atoms with Crippen molar-refractivity contribution in [3.05, 3.63) is 34.4 Å². The summed E-state index contributed by atoms with van der Waals surface area (Å²) in [6.45, 7) is 1.66. The van der Waals surface area contributed by atoms with E-state index in [1.54, 1.807) is 4.90 Å². The second kappa shape index (κ2) is 7.68. The Kier molecular flexibility index (Phi) is 5.54. The molecule has 142 valence electrons. The normalized spacial score (nSPS) is 22.2. The van der Waals surface area contributed by atoms with E-state index < -0.39 is 20.6 Å². The highest BCUT2D eigenvalue weighted by molar-refractivity contribution is 7.89. The van der Waals surface area contributed by atoms with Crippen LogP contribution in [0.15, 0.2) is 29.2 Å². The van der Waals surface area contributed by atoms with Crippen LogP contribution in [0.25, 0.3) is 0 Å². The minimum atomic E-state index is -3.97. The topological polar surface area (TPSA) is 113 Å². The zero-order valence-corrected chi connectivity index (χ0v) is 15.2. The fourth-order valence-electron chi connectivity index (χ4n) is 3.40. The van der Waals surface area contributed by atoms with Crippen molar-refractivity contribution in [3.8, 4) is 0 Å². The molecule has 26 heavy (non-hydrogen) atoms. The molecule has 1 unspecified atom stereocenters. The van der Waals surface area contributed by atoms with Crippen molar-refractivity contribution >= 4 is 21.6 Å². The van der Waals surface area contributed by atoms with Gasteiger partial charge in [0.25, 0.3) is 5.69 Å². The molecular formula is C16H22N4O5S. The summed E-state index contributed by atoms with van der Waals surface area (Å²) in [5.41, 5.74) is -0.433. The largest absolute Gasteiger partial charge is 0.339 e. The van der Waals surface area contributed by atoms with Crippen molar-refractivity contribution in [2.24, 2.45) is 0 Å². The zero-order valence-electron chi connectivity index (χ0n) is 14.3. The molecule has 1 atom stereocenters. The van der Waals surface area contributed by atoms with Gasteiger partial charge in [-0.05, 0) is 25.5 Å². The summed E-state index contributed by atoms with van der Waals surface area (Å²) >= 11 is 0. The summed E-state index contributed by atoms with van der Waals surface area (Å²) < 4.78 is 26.8. The molecule has 0 saturated carbocycles. The van der Waals surface area contributed by atoms with Crippen LogP contribution in [0, 0.1) is 10.1 Å². The van der Waals surface area contributed by atoms with Crippen LogP contribution in [-0.2, 0) is 14.8 Å². The van der Waals surface area contributed by atoms with Gasteiger partial charge in [-0.1, -0.05) is 18.6 Å². The highest BCUT2D eigenvalue weighted by Crippen LogP contribution is 2.27. The lowest BCUT2D eigenvalue weighted by atomic mass is 10.0.